The lowest BCUT2D eigenvalue weighted by Crippen LogP contribution is -2.69. The molecule has 39 heavy (non-hydrogen) atoms. The summed E-state index contributed by atoms with van der Waals surface area (Å²) < 4.78 is 17.0. The van der Waals surface area contributed by atoms with Crippen molar-refractivity contribution in [2.45, 2.75) is 99.8 Å². The molecule has 0 aromatic carbocycles. The van der Waals surface area contributed by atoms with Gasteiger partial charge in [0.2, 0.25) is 0 Å². The van der Waals surface area contributed by atoms with Crippen molar-refractivity contribution in [2.24, 2.45) is 56.2 Å². The van der Waals surface area contributed by atoms with Gasteiger partial charge in [0.15, 0.2) is 5.78 Å². The molecule has 0 aliphatic heterocycles. The van der Waals surface area contributed by atoms with Gasteiger partial charge in [0.1, 0.15) is 11.9 Å². The SMILES string of the molecule is CC1(C)CC[C@]2(COP(=O)(O)O)CC[C@]3(C)C(C(=O)C[C@@H]4[C@@]5(C)C=C(C#N)C(=O)C(C)(C)[C@@H]5CC[C@]43C)[C@H]2C1. The zero-order valence-electron chi connectivity index (χ0n) is 24.7. The Bertz CT molecular complexity index is 1230. The fraction of sp³-hybridized carbons (Fsp3) is 0.839. The second-order valence-electron chi connectivity index (χ2n) is 15.8. The lowest BCUT2D eigenvalue weighted by atomic mass is 9.31. The van der Waals surface area contributed by atoms with Crippen molar-refractivity contribution in [1.29, 1.82) is 5.26 Å². The van der Waals surface area contributed by atoms with Gasteiger partial charge in [0.05, 0.1) is 12.2 Å². The summed E-state index contributed by atoms with van der Waals surface area (Å²) in [5.41, 5.74) is -1.73. The largest absolute Gasteiger partial charge is 0.469 e. The molecule has 0 aromatic heterocycles. The van der Waals surface area contributed by atoms with Gasteiger partial charge in [0.25, 0.3) is 0 Å². The van der Waals surface area contributed by atoms with Gasteiger partial charge < -0.3 is 9.79 Å². The summed E-state index contributed by atoms with van der Waals surface area (Å²) >= 11 is 0. The van der Waals surface area contributed by atoms with Crippen molar-refractivity contribution in [1.82, 2.24) is 0 Å². The van der Waals surface area contributed by atoms with Crippen LogP contribution in [0.4, 0.5) is 0 Å². The van der Waals surface area contributed by atoms with E-state index in [1.165, 1.54) is 0 Å². The quantitative estimate of drug-likeness (QED) is 0.384. The highest BCUT2D eigenvalue weighted by Crippen LogP contribution is 2.76. The first kappa shape index (κ1) is 29.2. The van der Waals surface area contributed by atoms with Crippen LogP contribution in [0, 0.1) is 67.5 Å². The standard InChI is InChI=1S/C31H46NO6P/c1-26(2)10-12-31(18-38-39(35,36)37)13-11-30(7)24(20(31)16-26)21(33)14-23-28(5)15-19(17-32)25(34)27(3,4)22(28)8-9-29(23,30)6/h15,20,22-24H,8-14,16,18H2,1-7H3,(H2,35,36,37)/t20-,22+,23-,24?,28+,29-,30-,31-/m1/s1. The van der Waals surface area contributed by atoms with Gasteiger partial charge in [-0.2, -0.15) is 5.26 Å². The number of phosphoric ester groups is 1. The Kier molecular flexibility index (Phi) is 6.44. The fourth-order valence-electron chi connectivity index (χ4n) is 10.9. The van der Waals surface area contributed by atoms with Gasteiger partial charge >= 0.3 is 7.82 Å². The third-order valence-electron chi connectivity index (χ3n) is 13.2. The first-order chi connectivity index (χ1) is 17.8. The highest BCUT2D eigenvalue weighted by molar-refractivity contribution is 7.46. The van der Waals surface area contributed by atoms with Gasteiger partial charge in [-0.3, -0.25) is 14.1 Å². The number of hydrogen-bond acceptors (Lipinski definition) is 5. The number of hydrogen-bond donors (Lipinski definition) is 2. The zero-order valence-corrected chi connectivity index (χ0v) is 25.6. The van der Waals surface area contributed by atoms with Crippen LogP contribution in [0.3, 0.4) is 0 Å². The first-order valence-electron chi connectivity index (χ1n) is 14.7. The maximum absolute atomic E-state index is 14.5. The maximum atomic E-state index is 14.5. The lowest BCUT2D eigenvalue weighted by molar-refractivity contribution is -0.225. The number of allylic oxidation sites excluding steroid dienone is 2. The molecule has 8 heteroatoms. The highest BCUT2D eigenvalue weighted by atomic mass is 31.2. The Balaban J connectivity index is 1.60. The Morgan fingerprint density at radius 1 is 0.974 bits per heavy atom. The molecule has 4 fully saturated rings. The molecule has 0 saturated heterocycles. The normalized spacial score (nSPS) is 46.6. The molecular weight excluding hydrogens is 513 g/mol. The molecule has 5 rings (SSSR count). The molecule has 216 valence electrons. The van der Waals surface area contributed by atoms with Crippen molar-refractivity contribution in [3.63, 3.8) is 0 Å². The van der Waals surface area contributed by atoms with Crippen LogP contribution in [-0.2, 0) is 18.7 Å². The van der Waals surface area contributed by atoms with Gasteiger partial charge in [-0.15, -0.1) is 0 Å². The van der Waals surface area contributed by atoms with Crippen molar-refractivity contribution in [2.75, 3.05) is 6.61 Å². The van der Waals surface area contributed by atoms with Crippen LogP contribution in [0.2, 0.25) is 0 Å². The Morgan fingerprint density at radius 2 is 1.62 bits per heavy atom. The highest BCUT2D eigenvalue weighted by Gasteiger charge is 2.72. The van der Waals surface area contributed by atoms with Crippen LogP contribution in [0.25, 0.3) is 0 Å². The molecule has 4 saturated carbocycles. The van der Waals surface area contributed by atoms with Gasteiger partial charge in [0, 0.05) is 17.8 Å². The van der Waals surface area contributed by atoms with E-state index in [9.17, 15) is 29.2 Å². The molecule has 0 heterocycles. The molecule has 0 aromatic rings. The minimum atomic E-state index is -4.64. The second kappa shape index (κ2) is 8.60. The van der Waals surface area contributed by atoms with Crippen LogP contribution >= 0.6 is 7.82 Å². The summed E-state index contributed by atoms with van der Waals surface area (Å²) in [4.78, 5) is 46.9. The number of fused-ring (bicyclic) bond motifs is 7. The Hall–Kier alpha value is -1.32. The zero-order chi connectivity index (χ0) is 29.0. The van der Waals surface area contributed by atoms with E-state index in [4.69, 9.17) is 4.52 Å². The molecule has 5 aliphatic rings. The van der Waals surface area contributed by atoms with Gasteiger partial charge in [-0.25, -0.2) is 4.57 Å². The second-order valence-corrected chi connectivity index (χ2v) is 17.1. The van der Waals surface area contributed by atoms with E-state index in [2.05, 4.69) is 40.7 Å². The molecule has 7 nitrogen and oxygen atoms in total. The monoisotopic (exact) mass is 559 g/mol. The van der Waals surface area contributed by atoms with Crippen LogP contribution in [0.1, 0.15) is 99.8 Å². The Morgan fingerprint density at radius 3 is 2.23 bits per heavy atom. The maximum Gasteiger partial charge on any atom is 0.469 e. The average molecular weight is 560 g/mol. The number of carbonyl (C=O) groups is 2. The van der Waals surface area contributed by atoms with Crippen molar-refractivity contribution in [3.8, 4) is 6.07 Å². The van der Waals surface area contributed by atoms with E-state index in [0.717, 1.165) is 44.9 Å². The third-order valence-corrected chi connectivity index (χ3v) is 13.6. The Labute approximate surface area is 233 Å². The summed E-state index contributed by atoms with van der Waals surface area (Å²) in [6.07, 6.45) is 8.29. The van der Waals surface area contributed by atoms with Crippen LogP contribution in [-0.4, -0.2) is 28.0 Å². The molecule has 8 atom stereocenters. The predicted molar refractivity (Wildman–Crippen MR) is 147 cm³/mol. The van der Waals surface area contributed by atoms with Crippen LogP contribution in [0.15, 0.2) is 11.6 Å². The van der Waals surface area contributed by atoms with E-state index in [1.54, 1.807) is 0 Å². The molecule has 0 bridgehead atoms. The molecule has 0 spiro atoms. The van der Waals surface area contributed by atoms with E-state index < -0.39 is 24.1 Å². The molecule has 1 unspecified atom stereocenters. The summed E-state index contributed by atoms with van der Waals surface area (Å²) in [6.45, 7) is 15.3. The molecule has 5 aliphatic carbocycles. The van der Waals surface area contributed by atoms with E-state index in [-0.39, 0.29) is 63.7 Å². The summed E-state index contributed by atoms with van der Waals surface area (Å²) in [6, 6.07) is 2.18. The van der Waals surface area contributed by atoms with E-state index in [0.29, 0.717) is 6.42 Å². The number of rotatable bonds is 3. The fourth-order valence-corrected chi connectivity index (χ4v) is 11.3. The third kappa shape index (κ3) is 4.03. The van der Waals surface area contributed by atoms with Gasteiger partial charge in [-0.05, 0) is 89.8 Å². The number of phosphoric acid groups is 1. The number of Topliss-reactive ketones (excluding diaryl/α,β-unsaturated/α-hetero) is 2. The number of carbonyl (C=O) groups excluding carboxylic acids is 2. The predicted octanol–water partition coefficient (Wildman–Crippen LogP) is 6.40. The van der Waals surface area contributed by atoms with E-state index >= 15 is 0 Å². The summed E-state index contributed by atoms with van der Waals surface area (Å²) in [5, 5.41) is 9.89. The summed E-state index contributed by atoms with van der Waals surface area (Å²) in [5.74, 6) is 0.0325. The minimum Gasteiger partial charge on any atom is -0.303 e. The van der Waals surface area contributed by atoms with Gasteiger partial charge in [-0.1, -0.05) is 54.5 Å². The molecular formula is C31H46NO6P. The number of ketones is 2. The topological polar surface area (TPSA) is 125 Å². The summed E-state index contributed by atoms with van der Waals surface area (Å²) in [7, 11) is -4.64. The average Bonchev–Trinajstić information content (AvgIpc) is 2.81. The minimum absolute atomic E-state index is 0.00283. The number of nitrogens with zero attached hydrogens (tertiary/aromatic N) is 1. The smallest absolute Gasteiger partial charge is 0.303 e. The van der Waals surface area contributed by atoms with Crippen LogP contribution < -0.4 is 0 Å². The van der Waals surface area contributed by atoms with Crippen molar-refractivity contribution < 1.29 is 28.5 Å². The lowest BCUT2D eigenvalue weighted by Gasteiger charge is -2.72. The van der Waals surface area contributed by atoms with Crippen LogP contribution in [0.5, 0.6) is 0 Å². The molecule has 0 amide bonds. The number of nitriles is 1. The van der Waals surface area contributed by atoms with E-state index in [1.807, 2.05) is 19.9 Å². The molecule has 0 radical (unpaired) electrons. The van der Waals surface area contributed by atoms with Crippen molar-refractivity contribution >= 4 is 19.4 Å². The van der Waals surface area contributed by atoms with Crippen molar-refractivity contribution in [3.05, 3.63) is 11.6 Å². The molecule has 2 N–H and O–H groups in total. The first-order valence-corrected chi connectivity index (χ1v) is 16.2.